The van der Waals surface area contributed by atoms with Crippen LogP contribution in [0.5, 0.6) is 5.75 Å². The molecule has 1 aliphatic heterocycles. The maximum Gasteiger partial charge on any atom is 0.410 e. The van der Waals surface area contributed by atoms with E-state index in [0.717, 1.165) is 6.04 Å². The van der Waals surface area contributed by atoms with Crippen LogP contribution in [0.4, 0.5) is 16.4 Å². The van der Waals surface area contributed by atoms with E-state index in [4.69, 9.17) is 14.6 Å². The van der Waals surface area contributed by atoms with E-state index in [-0.39, 0.29) is 30.9 Å². The van der Waals surface area contributed by atoms with Crippen molar-refractivity contribution in [3.05, 3.63) is 12.1 Å². The van der Waals surface area contributed by atoms with Crippen LogP contribution in [0.3, 0.4) is 0 Å². The van der Waals surface area contributed by atoms with Gasteiger partial charge in [0.05, 0.1) is 0 Å². The summed E-state index contributed by atoms with van der Waals surface area (Å²) in [5.41, 5.74) is 0. The number of ether oxygens (including phenoxy) is 2. The molecule has 2 amide bonds. The molecule has 1 aliphatic rings. The first kappa shape index (κ1) is 17.2. The Morgan fingerprint density at radius 2 is 2.22 bits per heavy atom. The number of nitrogens with one attached hydrogen (secondary N) is 1. The van der Waals surface area contributed by atoms with Gasteiger partial charge < -0.3 is 14.6 Å². The topological polar surface area (TPSA) is 101 Å². The lowest BCUT2D eigenvalue weighted by atomic mass is 10.3. The van der Waals surface area contributed by atoms with Gasteiger partial charge in [-0.3, -0.25) is 15.0 Å². The minimum atomic E-state index is -1.22. The van der Waals surface area contributed by atoms with Crippen LogP contribution in [0.15, 0.2) is 12.1 Å². The molecule has 0 unspecified atom stereocenters. The average molecular weight is 339 g/mol. The third-order valence-corrected chi connectivity index (χ3v) is 4.90. The Hall–Kier alpha value is -2.13. The first-order chi connectivity index (χ1) is 10.8. The normalized spacial score (nSPS) is 14.2. The maximum atomic E-state index is 12.0. The molecule has 0 spiro atoms. The van der Waals surface area contributed by atoms with Gasteiger partial charge in [0.2, 0.25) is 0 Å². The second kappa shape index (κ2) is 6.96. The fourth-order valence-corrected chi connectivity index (χ4v) is 2.68. The average Bonchev–Trinajstić information content (AvgIpc) is 2.43. The fraction of sp³-hybridized carbons (Fsp3) is 0.500. The maximum absolute atomic E-state index is 12.0. The van der Waals surface area contributed by atoms with Crippen molar-refractivity contribution in [1.29, 1.82) is 0 Å². The third-order valence-electron chi connectivity index (χ3n) is 3.20. The predicted molar refractivity (Wildman–Crippen MR) is 87.8 cm³/mol. The van der Waals surface area contributed by atoms with E-state index in [1.54, 1.807) is 6.07 Å². The second-order valence-electron chi connectivity index (χ2n) is 6.41. The largest absolute Gasteiger partial charge is 0.480 e. The number of fused-ring (bicyclic) bond motifs is 1. The quantitative estimate of drug-likeness (QED) is 0.609. The van der Waals surface area contributed by atoms with Crippen molar-refractivity contribution in [3.8, 4) is 5.75 Å². The molecular formula is C14H21N3O5Si. The molecule has 2 N–H and O–H groups in total. The van der Waals surface area contributed by atoms with E-state index in [0.29, 0.717) is 12.4 Å². The van der Waals surface area contributed by atoms with Gasteiger partial charge in [0, 0.05) is 14.7 Å². The summed E-state index contributed by atoms with van der Waals surface area (Å²) in [6.45, 7) is 7.30. The molecule has 0 atom stereocenters. The van der Waals surface area contributed by atoms with Crippen LogP contribution in [-0.2, 0) is 9.53 Å². The first-order valence-corrected chi connectivity index (χ1v) is 11.0. The summed E-state index contributed by atoms with van der Waals surface area (Å²) in [5, 5.41) is 10.9. The lowest BCUT2D eigenvalue weighted by molar-refractivity contribution is -0.122. The number of hydrogen-bond acceptors (Lipinski definition) is 5. The lowest BCUT2D eigenvalue weighted by Gasteiger charge is -2.28. The molecule has 2 rings (SSSR count). The number of rotatable bonds is 6. The zero-order chi connectivity index (χ0) is 17.0. The highest BCUT2D eigenvalue weighted by atomic mass is 28.3. The summed E-state index contributed by atoms with van der Waals surface area (Å²) < 4.78 is 10.9. The van der Waals surface area contributed by atoms with Gasteiger partial charge in [-0.15, -0.1) is 0 Å². The van der Waals surface area contributed by atoms with Gasteiger partial charge in [0.25, 0.3) is 5.91 Å². The smallest absolute Gasteiger partial charge is 0.410 e. The number of nitrogens with zero attached hydrogens (tertiary/aromatic N) is 2. The molecule has 0 fully saturated rings. The van der Waals surface area contributed by atoms with Crippen molar-refractivity contribution in [2.45, 2.75) is 25.7 Å². The van der Waals surface area contributed by atoms with E-state index < -0.39 is 14.2 Å². The third kappa shape index (κ3) is 4.93. The van der Waals surface area contributed by atoms with Crippen LogP contribution in [0, 0.1) is 0 Å². The zero-order valence-corrected chi connectivity index (χ0v) is 14.5. The van der Waals surface area contributed by atoms with Crippen molar-refractivity contribution in [2.24, 2.45) is 0 Å². The molecule has 23 heavy (non-hydrogen) atoms. The summed E-state index contributed by atoms with van der Waals surface area (Å²) in [7, 11) is -1.20. The molecule has 0 aliphatic carbocycles. The molecule has 2 heterocycles. The SMILES string of the molecule is C[Si](C)(C)CCOCN1C(=O)COc2ccc(NC(=O)O)nc21. The summed E-state index contributed by atoms with van der Waals surface area (Å²) in [6, 6.07) is 4.05. The van der Waals surface area contributed by atoms with Gasteiger partial charge in [-0.1, -0.05) is 19.6 Å². The molecule has 0 saturated carbocycles. The summed E-state index contributed by atoms with van der Waals surface area (Å²) in [5.74, 6) is 0.543. The highest BCUT2D eigenvalue weighted by Gasteiger charge is 2.27. The van der Waals surface area contributed by atoms with Crippen LogP contribution in [-0.4, -0.2) is 50.1 Å². The Balaban J connectivity index is 2.08. The van der Waals surface area contributed by atoms with Crippen molar-refractivity contribution in [1.82, 2.24) is 4.98 Å². The summed E-state index contributed by atoms with van der Waals surface area (Å²) in [6.07, 6.45) is -1.22. The number of amides is 2. The van der Waals surface area contributed by atoms with Crippen LogP contribution in [0.2, 0.25) is 25.7 Å². The number of carbonyl (C=O) groups excluding carboxylic acids is 1. The van der Waals surface area contributed by atoms with Crippen molar-refractivity contribution in [2.75, 3.05) is 30.2 Å². The van der Waals surface area contributed by atoms with Gasteiger partial charge in [0.15, 0.2) is 18.2 Å². The van der Waals surface area contributed by atoms with Crippen LogP contribution in [0.1, 0.15) is 0 Å². The van der Waals surface area contributed by atoms with Gasteiger partial charge in [-0.05, 0) is 18.2 Å². The van der Waals surface area contributed by atoms with Crippen molar-refractivity contribution in [3.63, 3.8) is 0 Å². The number of hydrogen-bond donors (Lipinski definition) is 2. The van der Waals surface area contributed by atoms with E-state index in [1.807, 2.05) is 0 Å². The Bertz CT molecular complexity index is 603. The molecule has 9 heteroatoms. The standard InChI is InChI=1S/C14H21N3O5Si/c1-23(2,3)7-6-21-9-17-12(18)8-22-10-4-5-11(15-13(10)17)16-14(19)20/h4-5H,6-9H2,1-3H3,(H,15,16)(H,19,20). The fourth-order valence-electron chi connectivity index (χ4n) is 1.92. The summed E-state index contributed by atoms with van der Waals surface area (Å²) in [4.78, 5) is 28.2. The van der Waals surface area contributed by atoms with Gasteiger partial charge >= 0.3 is 6.09 Å². The minimum Gasteiger partial charge on any atom is -0.480 e. The van der Waals surface area contributed by atoms with Crippen LogP contribution >= 0.6 is 0 Å². The van der Waals surface area contributed by atoms with E-state index in [1.165, 1.54) is 11.0 Å². The molecule has 8 nitrogen and oxygen atoms in total. The Labute approximate surface area is 135 Å². The highest BCUT2D eigenvalue weighted by molar-refractivity contribution is 6.76. The van der Waals surface area contributed by atoms with Crippen molar-refractivity contribution < 1.29 is 24.2 Å². The molecule has 0 aromatic carbocycles. The minimum absolute atomic E-state index is 0.0726. The van der Waals surface area contributed by atoms with Crippen LogP contribution in [0.25, 0.3) is 0 Å². The molecule has 1 aromatic heterocycles. The highest BCUT2D eigenvalue weighted by Crippen LogP contribution is 2.31. The zero-order valence-electron chi connectivity index (χ0n) is 13.5. The number of pyridine rings is 1. The number of aromatic nitrogens is 1. The molecule has 0 saturated heterocycles. The molecule has 0 radical (unpaired) electrons. The molecule has 126 valence electrons. The molecular weight excluding hydrogens is 318 g/mol. The second-order valence-corrected chi connectivity index (χ2v) is 12.0. The number of carboxylic acid groups (broad SMARTS) is 1. The number of carbonyl (C=O) groups is 2. The van der Waals surface area contributed by atoms with Gasteiger partial charge in [0.1, 0.15) is 12.5 Å². The Kier molecular flexibility index (Phi) is 5.22. The van der Waals surface area contributed by atoms with E-state index in [2.05, 4.69) is 29.9 Å². The molecule has 0 bridgehead atoms. The van der Waals surface area contributed by atoms with Crippen molar-refractivity contribution >= 4 is 31.7 Å². The number of anilines is 2. The van der Waals surface area contributed by atoms with E-state index in [9.17, 15) is 9.59 Å². The van der Waals surface area contributed by atoms with E-state index >= 15 is 0 Å². The van der Waals surface area contributed by atoms with Gasteiger partial charge in [-0.2, -0.15) is 0 Å². The first-order valence-electron chi connectivity index (χ1n) is 7.28. The molecule has 1 aromatic rings. The Morgan fingerprint density at radius 1 is 1.48 bits per heavy atom. The predicted octanol–water partition coefficient (Wildman–Crippen LogP) is 2.21. The Morgan fingerprint density at radius 3 is 2.87 bits per heavy atom. The monoisotopic (exact) mass is 339 g/mol. The van der Waals surface area contributed by atoms with Gasteiger partial charge in [-0.25, -0.2) is 9.78 Å². The lowest BCUT2D eigenvalue weighted by Crippen LogP contribution is -2.41. The summed E-state index contributed by atoms with van der Waals surface area (Å²) >= 11 is 0. The van der Waals surface area contributed by atoms with Crippen LogP contribution < -0.4 is 15.0 Å².